The summed E-state index contributed by atoms with van der Waals surface area (Å²) >= 11 is 6.06. The Bertz CT molecular complexity index is 601. The predicted octanol–water partition coefficient (Wildman–Crippen LogP) is 3.09. The van der Waals surface area contributed by atoms with Gasteiger partial charge in [0.25, 0.3) is 0 Å². The first-order chi connectivity index (χ1) is 9.29. The third kappa shape index (κ3) is 3.45. The van der Waals surface area contributed by atoms with Crippen LogP contribution in [0, 0.1) is 12.8 Å². The molecule has 0 saturated heterocycles. The second kappa shape index (κ2) is 5.92. The zero-order valence-electron chi connectivity index (χ0n) is 11.8. The molecule has 1 aromatic rings. The summed E-state index contributed by atoms with van der Waals surface area (Å²) in [5.74, 6) is 0.551. The van der Waals surface area contributed by atoms with E-state index in [9.17, 15) is 8.42 Å². The molecule has 20 heavy (non-hydrogen) atoms. The van der Waals surface area contributed by atoms with Gasteiger partial charge in [-0.25, -0.2) is 13.1 Å². The Morgan fingerprint density at radius 3 is 2.70 bits per heavy atom. The third-order valence-corrected chi connectivity index (χ3v) is 5.85. The Morgan fingerprint density at radius 1 is 1.35 bits per heavy atom. The second-order valence-corrected chi connectivity index (χ2v) is 7.82. The smallest absolute Gasteiger partial charge is 0.242 e. The van der Waals surface area contributed by atoms with Gasteiger partial charge < -0.3 is 5.73 Å². The minimum atomic E-state index is -3.62. The van der Waals surface area contributed by atoms with Crippen LogP contribution in [-0.4, -0.2) is 14.5 Å². The fourth-order valence-electron chi connectivity index (χ4n) is 2.70. The van der Waals surface area contributed by atoms with Crippen molar-refractivity contribution < 1.29 is 8.42 Å². The molecule has 112 valence electrons. The molecular formula is C14H21ClN2O2S. The highest BCUT2D eigenvalue weighted by Gasteiger charge is 2.26. The van der Waals surface area contributed by atoms with E-state index in [1.54, 1.807) is 13.0 Å². The number of nitrogens with one attached hydrogen (secondary N) is 1. The van der Waals surface area contributed by atoms with E-state index in [4.69, 9.17) is 17.3 Å². The lowest BCUT2D eigenvalue weighted by Crippen LogP contribution is -2.38. The van der Waals surface area contributed by atoms with Crippen LogP contribution in [0.5, 0.6) is 0 Å². The molecule has 1 aliphatic carbocycles. The first-order valence-electron chi connectivity index (χ1n) is 6.87. The Morgan fingerprint density at radius 2 is 2.05 bits per heavy atom. The number of benzene rings is 1. The number of aryl methyl sites for hydroxylation is 1. The van der Waals surface area contributed by atoms with Crippen molar-refractivity contribution in [2.24, 2.45) is 5.92 Å². The van der Waals surface area contributed by atoms with Crippen LogP contribution >= 0.6 is 11.6 Å². The summed E-state index contributed by atoms with van der Waals surface area (Å²) in [7, 11) is -3.62. The van der Waals surface area contributed by atoms with E-state index in [0.29, 0.717) is 11.6 Å². The minimum absolute atomic E-state index is 0.0117. The molecule has 0 radical (unpaired) electrons. The molecule has 6 heteroatoms. The maximum Gasteiger partial charge on any atom is 0.242 e. The van der Waals surface area contributed by atoms with E-state index >= 15 is 0 Å². The Balaban J connectivity index is 2.24. The van der Waals surface area contributed by atoms with Crippen LogP contribution in [-0.2, 0) is 10.0 Å². The average molecular weight is 317 g/mol. The first kappa shape index (κ1) is 15.6. The summed E-state index contributed by atoms with van der Waals surface area (Å²) in [5, 5.41) is 0.216. The van der Waals surface area contributed by atoms with Gasteiger partial charge in [-0.05, 0) is 43.4 Å². The lowest BCUT2D eigenvalue weighted by molar-refractivity contribution is 0.327. The van der Waals surface area contributed by atoms with E-state index in [2.05, 4.69) is 11.6 Å². The molecule has 0 aliphatic heterocycles. The Labute approximate surface area is 125 Å². The van der Waals surface area contributed by atoms with Crippen molar-refractivity contribution in [2.45, 2.75) is 50.5 Å². The minimum Gasteiger partial charge on any atom is -0.398 e. The van der Waals surface area contributed by atoms with Gasteiger partial charge in [-0.2, -0.15) is 0 Å². The highest BCUT2D eigenvalue weighted by Crippen LogP contribution is 2.29. The number of halogens is 1. The van der Waals surface area contributed by atoms with Crippen molar-refractivity contribution in [1.29, 1.82) is 0 Å². The SMILES string of the molecule is Cc1cc(Cl)c(S(=O)(=O)NC2CCCC(C)C2)cc1N. The maximum atomic E-state index is 12.4. The van der Waals surface area contributed by atoms with E-state index < -0.39 is 10.0 Å². The highest BCUT2D eigenvalue weighted by molar-refractivity contribution is 7.89. The van der Waals surface area contributed by atoms with Gasteiger partial charge >= 0.3 is 0 Å². The molecule has 0 aromatic heterocycles. The van der Waals surface area contributed by atoms with E-state index in [1.165, 1.54) is 6.07 Å². The molecule has 4 nitrogen and oxygen atoms in total. The van der Waals surface area contributed by atoms with Crippen LogP contribution in [0.3, 0.4) is 0 Å². The van der Waals surface area contributed by atoms with Crippen molar-refractivity contribution in [3.8, 4) is 0 Å². The van der Waals surface area contributed by atoms with Crippen LogP contribution < -0.4 is 10.5 Å². The summed E-state index contributed by atoms with van der Waals surface area (Å²) < 4.78 is 27.6. The van der Waals surface area contributed by atoms with Crippen LogP contribution in [0.1, 0.15) is 38.2 Å². The summed E-state index contributed by atoms with van der Waals surface area (Å²) in [6.07, 6.45) is 3.97. The van der Waals surface area contributed by atoms with E-state index in [0.717, 1.165) is 31.2 Å². The van der Waals surface area contributed by atoms with Crippen molar-refractivity contribution in [3.63, 3.8) is 0 Å². The molecule has 0 amide bonds. The summed E-state index contributed by atoms with van der Waals surface area (Å²) in [5.41, 5.74) is 7.01. The standard InChI is InChI=1S/C14H21ClN2O2S/c1-9-4-3-5-11(6-9)17-20(18,19)14-8-13(16)10(2)7-12(14)15/h7-9,11,17H,3-6,16H2,1-2H3. The number of hydrogen-bond acceptors (Lipinski definition) is 3. The number of nitrogen functional groups attached to an aromatic ring is 1. The fourth-order valence-corrected chi connectivity index (χ4v) is 4.60. The molecule has 1 fully saturated rings. The molecule has 0 heterocycles. The Kier molecular flexibility index (Phi) is 4.62. The lowest BCUT2D eigenvalue weighted by atomic mass is 9.88. The molecule has 2 atom stereocenters. The van der Waals surface area contributed by atoms with Crippen molar-refractivity contribution in [3.05, 3.63) is 22.7 Å². The normalized spacial score (nSPS) is 23.8. The number of nitrogens with two attached hydrogens (primary N) is 1. The molecule has 1 aliphatic rings. The largest absolute Gasteiger partial charge is 0.398 e. The van der Waals surface area contributed by atoms with Crippen molar-refractivity contribution in [2.75, 3.05) is 5.73 Å². The molecule has 2 unspecified atom stereocenters. The van der Waals surface area contributed by atoms with Gasteiger partial charge in [0.1, 0.15) is 4.90 Å². The zero-order chi connectivity index (χ0) is 14.9. The highest BCUT2D eigenvalue weighted by atomic mass is 35.5. The monoisotopic (exact) mass is 316 g/mol. The number of anilines is 1. The average Bonchev–Trinajstić information content (AvgIpc) is 2.33. The van der Waals surface area contributed by atoms with Crippen LogP contribution in [0.4, 0.5) is 5.69 Å². The van der Waals surface area contributed by atoms with Gasteiger partial charge in [-0.15, -0.1) is 0 Å². The van der Waals surface area contributed by atoms with Gasteiger partial charge in [-0.3, -0.25) is 0 Å². The molecule has 1 aromatic carbocycles. The molecular weight excluding hydrogens is 296 g/mol. The summed E-state index contributed by atoms with van der Waals surface area (Å²) in [4.78, 5) is 0.0699. The maximum absolute atomic E-state index is 12.4. The van der Waals surface area contributed by atoms with Crippen LogP contribution in [0.2, 0.25) is 5.02 Å². The van der Waals surface area contributed by atoms with Crippen LogP contribution in [0.15, 0.2) is 17.0 Å². The first-order valence-corrected chi connectivity index (χ1v) is 8.73. The van der Waals surface area contributed by atoms with Crippen molar-refractivity contribution >= 4 is 27.3 Å². The number of sulfonamides is 1. The second-order valence-electron chi connectivity index (χ2n) is 5.73. The van der Waals surface area contributed by atoms with Gasteiger partial charge in [0.2, 0.25) is 10.0 Å². The lowest BCUT2D eigenvalue weighted by Gasteiger charge is -2.27. The van der Waals surface area contributed by atoms with Gasteiger partial charge in [0.05, 0.1) is 5.02 Å². The van der Waals surface area contributed by atoms with Crippen LogP contribution in [0.25, 0.3) is 0 Å². The quantitative estimate of drug-likeness (QED) is 0.842. The fraction of sp³-hybridized carbons (Fsp3) is 0.571. The Hall–Kier alpha value is -0.780. The number of rotatable bonds is 3. The molecule has 0 bridgehead atoms. The molecule has 0 spiro atoms. The van der Waals surface area contributed by atoms with Gasteiger partial charge in [0, 0.05) is 11.7 Å². The zero-order valence-corrected chi connectivity index (χ0v) is 13.4. The van der Waals surface area contributed by atoms with Gasteiger partial charge in [-0.1, -0.05) is 31.4 Å². The number of hydrogen-bond donors (Lipinski definition) is 2. The van der Waals surface area contributed by atoms with Gasteiger partial charge in [0.15, 0.2) is 0 Å². The summed E-state index contributed by atoms with van der Waals surface area (Å²) in [6, 6.07) is 3.02. The molecule has 2 rings (SSSR count). The third-order valence-electron chi connectivity index (χ3n) is 3.87. The van der Waals surface area contributed by atoms with E-state index in [1.807, 2.05) is 0 Å². The summed E-state index contributed by atoms with van der Waals surface area (Å²) in [6.45, 7) is 3.95. The topological polar surface area (TPSA) is 72.2 Å². The van der Waals surface area contributed by atoms with Crippen molar-refractivity contribution in [1.82, 2.24) is 4.72 Å². The molecule has 1 saturated carbocycles. The molecule has 3 N–H and O–H groups in total. The van der Waals surface area contributed by atoms with E-state index in [-0.39, 0.29) is 16.0 Å². The predicted molar refractivity (Wildman–Crippen MR) is 82.3 cm³/mol.